The minimum Gasteiger partial charge on any atom is -0.409 e. The monoisotopic (exact) mass is 270 g/mol. The van der Waals surface area contributed by atoms with Gasteiger partial charge in [0, 0.05) is 19.5 Å². The summed E-state index contributed by atoms with van der Waals surface area (Å²) < 4.78 is 0. The minimum absolute atomic E-state index is 0.0233. The van der Waals surface area contributed by atoms with Crippen LogP contribution in [0.25, 0.3) is 0 Å². The first kappa shape index (κ1) is 15.8. The second-order valence-electron chi connectivity index (χ2n) is 5.85. The van der Waals surface area contributed by atoms with Crippen LogP contribution in [0.3, 0.4) is 0 Å². The number of piperidine rings is 1. The molecule has 110 valence electrons. The molecule has 0 radical (unpaired) electrons. The van der Waals surface area contributed by atoms with Crippen LogP contribution in [0.1, 0.15) is 39.5 Å². The molecule has 0 spiro atoms. The summed E-state index contributed by atoms with van der Waals surface area (Å²) >= 11 is 0. The third kappa shape index (κ3) is 4.38. The van der Waals surface area contributed by atoms with Crippen LogP contribution >= 0.6 is 0 Å². The molecule has 19 heavy (non-hydrogen) atoms. The smallest absolute Gasteiger partial charge is 0.220 e. The van der Waals surface area contributed by atoms with Gasteiger partial charge in [-0.3, -0.25) is 4.79 Å². The van der Waals surface area contributed by atoms with Crippen molar-refractivity contribution < 1.29 is 10.0 Å². The number of hydrogen-bond acceptors (Lipinski definition) is 4. The number of likely N-dealkylation sites (tertiary alicyclic amines) is 1. The van der Waals surface area contributed by atoms with Gasteiger partial charge in [0.05, 0.1) is 0 Å². The molecule has 0 atom stereocenters. The Labute approximate surface area is 115 Å². The van der Waals surface area contributed by atoms with E-state index in [2.05, 4.69) is 29.2 Å². The van der Waals surface area contributed by atoms with E-state index in [-0.39, 0.29) is 11.7 Å². The Morgan fingerprint density at radius 3 is 2.53 bits per heavy atom. The molecule has 0 saturated carbocycles. The summed E-state index contributed by atoms with van der Waals surface area (Å²) in [7, 11) is 2.02. The molecule has 0 bridgehead atoms. The van der Waals surface area contributed by atoms with Crippen LogP contribution in [-0.4, -0.2) is 47.5 Å². The Hall–Kier alpha value is -1.30. The van der Waals surface area contributed by atoms with Crippen LogP contribution in [0.4, 0.5) is 0 Å². The highest BCUT2D eigenvalue weighted by Crippen LogP contribution is 2.22. The van der Waals surface area contributed by atoms with Gasteiger partial charge in [0.2, 0.25) is 5.91 Å². The van der Waals surface area contributed by atoms with Gasteiger partial charge in [0.25, 0.3) is 0 Å². The minimum atomic E-state index is -0.685. The predicted octanol–water partition coefficient (Wildman–Crippen LogP) is 0.750. The van der Waals surface area contributed by atoms with E-state index >= 15 is 0 Å². The van der Waals surface area contributed by atoms with Crippen molar-refractivity contribution in [1.29, 1.82) is 0 Å². The molecule has 0 unspecified atom stereocenters. The fourth-order valence-electron chi connectivity index (χ4n) is 2.29. The van der Waals surface area contributed by atoms with Crippen molar-refractivity contribution >= 4 is 11.7 Å². The van der Waals surface area contributed by atoms with E-state index in [1.54, 1.807) is 0 Å². The van der Waals surface area contributed by atoms with Gasteiger partial charge < -0.3 is 21.2 Å². The van der Waals surface area contributed by atoms with E-state index < -0.39 is 5.54 Å². The number of carbonyl (C=O) groups excluding carboxylic acids is 1. The van der Waals surface area contributed by atoms with Crippen molar-refractivity contribution in [2.24, 2.45) is 16.8 Å². The third-order valence-electron chi connectivity index (χ3n) is 3.77. The van der Waals surface area contributed by atoms with Gasteiger partial charge in [-0.15, -0.1) is 0 Å². The largest absolute Gasteiger partial charge is 0.409 e. The van der Waals surface area contributed by atoms with E-state index in [9.17, 15) is 4.79 Å². The summed E-state index contributed by atoms with van der Waals surface area (Å²) in [5, 5.41) is 15.0. The van der Waals surface area contributed by atoms with Gasteiger partial charge in [0.1, 0.15) is 5.54 Å². The van der Waals surface area contributed by atoms with Gasteiger partial charge in [0.15, 0.2) is 5.84 Å². The summed E-state index contributed by atoms with van der Waals surface area (Å²) in [5.41, 5.74) is 5.11. The highest BCUT2D eigenvalue weighted by Gasteiger charge is 2.39. The third-order valence-corrected chi connectivity index (χ3v) is 3.77. The number of nitrogens with one attached hydrogen (secondary N) is 1. The van der Waals surface area contributed by atoms with Crippen LogP contribution in [0.15, 0.2) is 5.16 Å². The van der Waals surface area contributed by atoms with Crippen molar-refractivity contribution in [3.05, 3.63) is 0 Å². The summed E-state index contributed by atoms with van der Waals surface area (Å²) in [6, 6.07) is 0. The first-order valence-electron chi connectivity index (χ1n) is 6.87. The lowest BCUT2D eigenvalue weighted by atomic mass is 9.86. The van der Waals surface area contributed by atoms with Gasteiger partial charge in [-0.2, -0.15) is 0 Å². The molecule has 1 heterocycles. The van der Waals surface area contributed by atoms with Crippen molar-refractivity contribution in [2.75, 3.05) is 20.1 Å². The van der Waals surface area contributed by atoms with Crippen LogP contribution < -0.4 is 11.1 Å². The molecule has 1 fully saturated rings. The van der Waals surface area contributed by atoms with Gasteiger partial charge >= 0.3 is 0 Å². The molecule has 0 aromatic carbocycles. The highest BCUT2D eigenvalue weighted by atomic mass is 16.4. The zero-order valence-corrected chi connectivity index (χ0v) is 12.1. The highest BCUT2D eigenvalue weighted by molar-refractivity contribution is 5.94. The van der Waals surface area contributed by atoms with Crippen LogP contribution in [0, 0.1) is 5.92 Å². The average molecular weight is 270 g/mol. The van der Waals surface area contributed by atoms with E-state index in [1.165, 1.54) is 0 Å². The Balaban J connectivity index is 2.68. The van der Waals surface area contributed by atoms with Gasteiger partial charge in [-0.05, 0) is 32.2 Å². The fourth-order valence-corrected chi connectivity index (χ4v) is 2.29. The van der Waals surface area contributed by atoms with Crippen molar-refractivity contribution in [1.82, 2.24) is 10.2 Å². The molecule has 0 aliphatic carbocycles. The van der Waals surface area contributed by atoms with E-state index in [0.29, 0.717) is 25.2 Å². The number of rotatable bonds is 5. The Kier molecular flexibility index (Phi) is 5.60. The maximum absolute atomic E-state index is 12.0. The molecule has 1 amide bonds. The van der Waals surface area contributed by atoms with Crippen molar-refractivity contribution in [2.45, 2.75) is 45.1 Å². The summed E-state index contributed by atoms with van der Waals surface area (Å²) in [4.78, 5) is 14.2. The van der Waals surface area contributed by atoms with E-state index in [0.717, 1.165) is 19.5 Å². The maximum Gasteiger partial charge on any atom is 0.220 e. The Morgan fingerprint density at radius 1 is 1.47 bits per heavy atom. The Morgan fingerprint density at radius 2 is 2.05 bits per heavy atom. The lowest BCUT2D eigenvalue weighted by molar-refractivity contribution is -0.123. The zero-order valence-electron chi connectivity index (χ0n) is 12.1. The van der Waals surface area contributed by atoms with Crippen molar-refractivity contribution in [3.63, 3.8) is 0 Å². The van der Waals surface area contributed by atoms with E-state index in [1.807, 2.05) is 7.05 Å². The number of oxime groups is 1. The van der Waals surface area contributed by atoms with E-state index in [4.69, 9.17) is 10.9 Å². The molecule has 6 nitrogen and oxygen atoms in total. The van der Waals surface area contributed by atoms with Crippen LogP contribution in [0.5, 0.6) is 0 Å². The number of carbonyl (C=O) groups is 1. The normalized spacial score (nSPS) is 20.5. The molecule has 0 aromatic heterocycles. The maximum atomic E-state index is 12.0. The topological polar surface area (TPSA) is 91.0 Å². The number of hydrogen-bond donors (Lipinski definition) is 3. The molecule has 4 N–H and O–H groups in total. The second-order valence-corrected chi connectivity index (χ2v) is 5.85. The SMILES string of the molecule is CC(C)CCC(=O)NC1(/C(N)=N/O)CCN(C)CC1. The zero-order chi connectivity index (χ0) is 14.5. The quantitative estimate of drug-likeness (QED) is 0.297. The number of amidine groups is 1. The standard InChI is InChI=1S/C13H26N4O2/c1-10(2)4-5-11(18)15-13(12(14)16-19)6-8-17(3)9-7-13/h10,19H,4-9H2,1-3H3,(H2,14,16)(H,15,18). The van der Waals surface area contributed by atoms with Crippen LogP contribution in [-0.2, 0) is 4.79 Å². The predicted molar refractivity (Wildman–Crippen MR) is 75.1 cm³/mol. The number of nitrogens with zero attached hydrogens (tertiary/aromatic N) is 2. The fraction of sp³-hybridized carbons (Fsp3) is 0.846. The molecule has 0 aromatic rings. The average Bonchev–Trinajstić information content (AvgIpc) is 2.38. The van der Waals surface area contributed by atoms with Gasteiger partial charge in [-0.25, -0.2) is 0 Å². The summed E-state index contributed by atoms with van der Waals surface area (Å²) in [5.74, 6) is 0.575. The summed E-state index contributed by atoms with van der Waals surface area (Å²) in [6.07, 6.45) is 2.67. The lowest BCUT2D eigenvalue weighted by Gasteiger charge is -2.40. The lowest BCUT2D eigenvalue weighted by Crippen LogP contribution is -2.62. The molecule has 6 heteroatoms. The van der Waals surface area contributed by atoms with Crippen molar-refractivity contribution in [3.8, 4) is 0 Å². The molecule has 1 aliphatic heterocycles. The molecule has 1 aliphatic rings. The van der Waals surface area contributed by atoms with Gasteiger partial charge in [-0.1, -0.05) is 19.0 Å². The molecular formula is C13H26N4O2. The molecule has 1 saturated heterocycles. The number of amides is 1. The second kappa shape index (κ2) is 6.75. The molecular weight excluding hydrogens is 244 g/mol. The Bertz CT molecular complexity index is 334. The summed E-state index contributed by atoms with van der Waals surface area (Å²) in [6.45, 7) is 5.81. The first-order valence-corrected chi connectivity index (χ1v) is 6.87. The molecule has 1 rings (SSSR count). The number of nitrogens with two attached hydrogens (primary N) is 1. The van der Waals surface area contributed by atoms with Crippen LogP contribution in [0.2, 0.25) is 0 Å². The first-order chi connectivity index (χ1) is 8.89.